The zero-order chi connectivity index (χ0) is 19.8. The molecule has 1 amide bonds. The molecule has 0 unspecified atom stereocenters. The van der Waals surface area contributed by atoms with E-state index in [4.69, 9.17) is 0 Å². The molecule has 0 aromatic carbocycles. The number of halogens is 1. The van der Waals surface area contributed by atoms with Crippen LogP contribution in [0, 0.1) is 0 Å². The molecule has 27 heavy (non-hydrogen) atoms. The maximum Gasteiger partial charge on any atom is 0.249 e. The van der Waals surface area contributed by atoms with Crippen LogP contribution < -0.4 is 0 Å². The van der Waals surface area contributed by atoms with Crippen LogP contribution in [-0.4, -0.2) is 22.9 Å². The average Bonchev–Trinajstić information content (AvgIpc) is 2.59. The normalized spacial score (nSPS) is 11.1. The first-order valence-corrected chi connectivity index (χ1v) is 11.3. The van der Waals surface area contributed by atoms with Gasteiger partial charge in [0.1, 0.15) is 0 Å². The fourth-order valence-electron chi connectivity index (χ4n) is 3.79. The summed E-state index contributed by atoms with van der Waals surface area (Å²) in [7, 11) is 0. The topological polar surface area (TPSA) is 20.3 Å². The van der Waals surface area contributed by atoms with E-state index in [1.807, 2.05) is 11.8 Å². The SMILES string of the molecule is Br.C=C(C)C(=O)N(CC)C(C)(C)CCCCCCCCCCCCCCC. The van der Waals surface area contributed by atoms with Crippen LogP contribution in [0.2, 0.25) is 0 Å². The van der Waals surface area contributed by atoms with Crippen molar-refractivity contribution in [3.8, 4) is 0 Å². The highest BCUT2D eigenvalue weighted by molar-refractivity contribution is 8.93. The van der Waals surface area contributed by atoms with E-state index in [9.17, 15) is 4.79 Å². The molecule has 0 rings (SSSR count). The van der Waals surface area contributed by atoms with Crippen molar-refractivity contribution >= 4 is 22.9 Å². The van der Waals surface area contributed by atoms with Gasteiger partial charge in [0.05, 0.1) is 0 Å². The Bertz CT molecular complexity index is 379. The van der Waals surface area contributed by atoms with Gasteiger partial charge in [-0.3, -0.25) is 4.79 Å². The molecular formula is C24H48BrNO. The van der Waals surface area contributed by atoms with Crippen LogP contribution in [0.25, 0.3) is 0 Å². The Hall–Kier alpha value is -0.310. The molecule has 0 aliphatic heterocycles. The molecule has 0 saturated carbocycles. The van der Waals surface area contributed by atoms with Crippen LogP contribution >= 0.6 is 17.0 Å². The molecule has 2 nitrogen and oxygen atoms in total. The lowest BCUT2D eigenvalue weighted by Gasteiger charge is -2.38. The summed E-state index contributed by atoms with van der Waals surface area (Å²) in [5.74, 6) is 0.104. The maximum absolute atomic E-state index is 12.3. The summed E-state index contributed by atoms with van der Waals surface area (Å²) in [6.45, 7) is 15.1. The van der Waals surface area contributed by atoms with E-state index in [1.54, 1.807) is 0 Å². The second-order valence-corrected chi connectivity index (χ2v) is 8.63. The van der Waals surface area contributed by atoms with Crippen LogP contribution in [0.3, 0.4) is 0 Å². The summed E-state index contributed by atoms with van der Waals surface area (Å²) in [6.07, 6.45) is 19.0. The van der Waals surface area contributed by atoms with E-state index >= 15 is 0 Å². The van der Waals surface area contributed by atoms with E-state index in [0.29, 0.717) is 5.57 Å². The molecule has 0 saturated heterocycles. The van der Waals surface area contributed by atoms with Gasteiger partial charge >= 0.3 is 0 Å². The summed E-state index contributed by atoms with van der Waals surface area (Å²) >= 11 is 0. The van der Waals surface area contributed by atoms with Gasteiger partial charge in [0.2, 0.25) is 5.91 Å². The number of amides is 1. The number of hydrogen-bond donors (Lipinski definition) is 0. The van der Waals surface area contributed by atoms with Gasteiger partial charge in [0.25, 0.3) is 0 Å². The van der Waals surface area contributed by atoms with Crippen LogP contribution in [0.4, 0.5) is 0 Å². The van der Waals surface area contributed by atoms with Gasteiger partial charge in [0.15, 0.2) is 0 Å². The first kappa shape index (κ1) is 28.9. The lowest BCUT2D eigenvalue weighted by molar-refractivity contribution is -0.132. The van der Waals surface area contributed by atoms with Crippen molar-refractivity contribution in [2.24, 2.45) is 0 Å². The Labute approximate surface area is 181 Å². The molecule has 0 N–H and O–H groups in total. The lowest BCUT2D eigenvalue weighted by atomic mass is 9.93. The number of unbranched alkanes of at least 4 members (excludes halogenated alkanes) is 12. The minimum absolute atomic E-state index is 0. The van der Waals surface area contributed by atoms with Crippen molar-refractivity contribution in [3.05, 3.63) is 12.2 Å². The highest BCUT2D eigenvalue weighted by Gasteiger charge is 2.29. The number of hydrogen-bond acceptors (Lipinski definition) is 1. The van der Waals surface area contributed by atoms with Crippen molar-refractivity contribution < 1.29 is 4.79 Å². The zero-order valence-electron chi connectivity index (χ0n) is 19.1. The van der Waals surface area contributed by atoms with Crippen molar-refractivity contribution in [2.75, 3.05) is 6.54 Å². The third kappa shape index (κ3) is 14.4. The van der Waals surface area contributed by atoms with Crippen LogP contribution in [0.1, 0.15) is 125 Å². The number of nitrogens with zero attached hydrogens (tertiary/aromatic N) is 1. The molecule has 0 heterocycles. The first-order valence-electron chi connectivity index (χ1n) is 11.3. The Morgan fingerprint density at radius 2 is 1.15 bits per heavy atom. The number of rotatable bonds is 17. The average molecular weight is 447 g/mol. The predicted molar refractivity (Wildman–Crippen MR) is 127 cm³/mol. The van der Waals surface area contributed by atoms with E-state index in [0.717, 1.165) is 13.0 Å². The Kier molecular flexibility index (Phi) is 19.0. The van der Waals surface area contributed by atoms with Gasteiger partial charge < -0.3 is 4.90 Å². The highest BCUT2D eigenvalue weighted by Crippen LogP contribution is 2.24. The molecule has 0 spiro atoms. The fourth-order valence-corrected chi connectivity index (χ4v) is 3.79. The van der Waals surface area contributed by atoms with Crippen LogP contribution in [0.15, 0.2) is 12.2 Å². The summed E-state index contributed by atoms with van der Waals surface area (Å²) in [5, 5.41) is 0. The summed E-state index contributed by atoms with van der Waals surface area (Å²) in [5.41, 5.74) is 0.577. The van der Waals surface area contributed by atoms with Crippen molar-refractivity contribution in [2.45, 2.75) is 130 Å². The Balaban J connectivity index is 0. The summed E-state index contributed by atoms with van der Waals surface area (Å²) in [6, 6.07) is 0. The second-order valence-electron chi connectivity index (χ2n) is 8.63. The number of carbonyl (C=O) groups excluding carboxylic acids is 1. The number of carbonyl (C=O) groups is 1. The van der Waals surface area contributed by atoms with E-state index in [1.165, 1.54) is 83.5 Å². The molecule has 0 aromatic rings. The molecule has 0 aromatic heterocycles. The third-order valence-corrected chi connectivity index (χ3v) is 5.55. The van der Waals surface area contributed by atoms with Crippen LogP contribution in [0.5, 0.6) is 0 Å². The lowest BCUT2D eigenvalue weighted by Crippen LogP contribution is -2.47. The molecule has 3 heteroatoms. The molecule has 0 aliphatic carbocycles. The molecule has 0 atom stereocenters. The minimum Gasteiger partial charge on any atom is -0.334 e. The Morgan fingerprint density at radius 3 is 1.48 bits per heavy atom. The van der Waals surface area contributed by atoms with Crippen molar-refractivity contribution in [1.29, 1.82) is 0 Å². The smallest absolute Gasteiger partial charge is 0.249 e. The van der Waals surface area contributed by atoms with E-state index < -0.39 is 0 Å². The van der Waals surface area contributed by atoms with E-state index in [2.05, 4.69) is 34.3 Å². The maximum atomic E-state index is 12.3. The quantitative estimate of drug-likeness (QED) is 0.163. The molecular weight excluding hydrogens is 398 g/mol. The second kappa shape index (κ2) is 17.8. The molecule has 0 fully saturated rings. The zero-order valence-corrected chi connectivity index (χ0v) is 20.8. The predicted octanol–water partition coefficient (Wildman–Crippen LogP) is 8.25. The Morgan fingerprint density at radius 1 is 0.778 bits per heavy atom. The van der Waals surface area contributed by atoms with Gasteiger partial charge in [-0.2, -0.15) is 0 Å². The third-order valence-electron chi connectivity index (χ3n) is 5.55. The standard InChI is InChI=1S/C24H47NO.BrH/c1-7-9-10-11-12-13-14-15-16-17-18-19-20-21-24(5,6)25(8-2)23(26)22(3)4;/h3,7-21H2,1-2,4-6H3;1H. The molecule has 0 radical (unpaired) electrons. The van der Waals surface area contributed by atoms with Gasteiger partial charge in [-0.05, 0) is 34.1 Å². The van der Waals surface area contributed by atoms with Crippen molar-refractivity contribution in [3.63, 3.8) is 0 Å². The minimum atomic E-state index is -0.0669. The highest BCUT2D eigenvalue weighted by atomic mass is 79.9. The fraction of sp³-hybridized carbons (Fsp3) is 0.875. The molecule has 0 aliphatic rings. The van der Waals surface area contributed by atoms with Gasteiger partial charge in [-0.25, -0.2) is 0 Å². The van der Waals surface area contributed by atoms with Crippen LogP contribution in [-0.2, 0) is 4.79 Å². The first-order chi connectivity index (χ1) is 12.4. The van der Waals surface area contributed by atoms with Gasteiger partial charge in [-0.15, -0.1) is 17.0 Å². The molecule has 162 valence electrons. The van der Waals surface area contributed by atoms with Crippen molar-refractivity contribution in [1.82, 2.24) is 4.90 Å². The monoisotopic (exact) mass is 445 g/mol. The van der Waals surface area contributed by atoms with Gasteiger partial charge in [0, 0.05) is 17.7 Å². The summed E-state index contributed by atoms with van der Waals surface area (Å²) in [4.78, 5) is 14.3. The van der Waals surface area contributed by atoms with Gasteiger partial charge in [-0.1, -0.05) is 97.0 Å². The number of likely N-dealkylation sites (N-methyl/N-ethyl adjacent to an activating group) is 1. The van der Waals surface area contributed by atoms with E-state index in [-0.39, 0.29) is 28.4 Å². The largest absolute Gasteiger partial charge is 0.334 e. The molecule has 0 bridgehead atoms. The summed E-state index contributed by atoms with van der Waals surface area (Å²) < 4.78 is 0.